The van der Waals surface area contributed by atoms with Crippen molar-refractivity contribution >= 4 is 0 Å². The quantitative estimate of drug-likeness (QED) is 0.635. The second-order valence-electron chi connectivity index (χ2n) is 3.85. The monoisotopic (exact) mass is 181 g/mol. The second-order valence-corrected chi connectivity index (χ2v) is 3.85. The Morgan fingerprint density at radius 3 is 2.62 bits per heavy atom. The molecule has 13 heavy (non-hydrogen) atoms. The van der Waals surface area contributed by atoms with E-state index in [0.29, 0.717) is 18.6 Å². The van der Waals surface area contributed by atoms with E-state index in [1.807, 2.05) is 0 Å². The maximum absolute atomic E-state index is 8.63. The van der Waals surface area contributed by atoms with Crippen LogP contribution in [-0.4, -0.2) is 42.8 Å². The van der Waals surface area contributed by atoms with Gasteiger partial charge in [0.2, 0.25) is 0 Å². The third-order valence-corrected chi connectivity index (χ3v) is 2.96. The van der Waals surface area contributed by atoms with E-state index >= 15 is 0 Å². The van der Waals surface area contributed by atoms with Crippen LogP contribution in [0.25, 0.3) is 0 Å². The zero-order valence-corrected chi connectivity index (χ0v) is 7.65. The smallest absolute Gasteiger partial charge is 0.106 e. The van der Waals surface area contributed by atoms with Gasteiger partial charge in [-0.15, -0.1) is 0 Å². The maximum atomic E-state index is 8.63. The third-order valence-electron chi connectivity index (χ3n) is 2.96. The molecule has 0 amide bonds. The van der Waals surface area contributed by atoms with Crippen molar-refractivity contribution in [1.29, 1.82) is 5.26 Å². The average molecular weight is 181 g/mol. The van der Waals surface area contributed by atoms with Crippen LogP contribution in [0.4, 0.5) is 0 Å². The summed E-state index contributed by atoms with van der Waals surface area (Å²) in [6.07, 6.45) is 2.39. The fraction of sp³-hybridized carbons (Fsp3) is 0.889. The first-order chi connectivity index (χ1) is 6.31. The number of rotatable bonds is 2. The standard InChI is InChI=1S/C9H15N3O/c10-3-7(11)4-12-8-1-2-9(12)6-13-5-8/h7-9H,1-2,4-6,11H2. The van der Waals surface area contributed by atoms with Crippen LogP contribution < -0.4 is 5.73 Å². The number of hydrogen-bond acceptors (Lipinski definition) is 4. The molecule has 0 spiro atoms. The molecule has 72 valence electrons. The van der Waals surface area contributed by atoms with E-state index in [-0.39, 0.29) is 6.04 Å². The lowest BCUT2D eigenvalue weighted by Crippen LogP contribution is -2.50. The van der Waals surface area contributed by atoms with Gasteiger partial charge in [0, 0.05) is 18.6 Å². The molecule has 2 saturated heterocycles. The first kappa shape index (κ1) is 8.95. The Bertz CT molecular complexity index is 209. The lowest BCUT2D eigenvalue weighted by Gasteiger charge is -2.34. The Hall–Kier alpha value is -0.630. The summed E-state index contributed by atoms with van der Waals surface area (Å²) in [5.41, 5.74) is 5.61. The topological polar surface area (TPSA) is 62.3 Å². The highest BCUT2D eigenvalue weighted by atomic mass is 16.5. The van der Waals surface area contributed by atoms with Gasteiger partial charge in [0.25, 0.3) is 0 Å². The SMILES string of the molecule is N#CC(N)CN1C2CCC1COC2. The fourth-order valence-electron chi connectivity index (χ4n) is 2.28. The number of nitrogens with zero attached hydrogens (tertiary/aromatic N) is 2. The molecule has 3 atom stereocenters. The largest absolute Gasteiger partial charge is 0.378 e. The molecule has 4 nitrogen and oxygen atoms in total. The van der Waals surface area contributed by atoms with Gasteiger partial charge in [-0.05, 0) is 12.8 Å². The average Bonchev–Trinajstić information content (AvgIpc) is 2.41. The Morgan fingerprint density at radius 1 is 1.46 bits per heavy atom. The molecule has 0 saturated carbocycles. The molecule has 2 aliphatic rings. The molecule has 2 rings (SSSR count). The van der Waals surface area contributed by atoms with Gasteiger partial charge < -0.3 is 10.5 Å². The molecule has 2 aliphatic heterocycles. The van der Waals surface area contributed by atoms with Crippen LogP contribution in [0.2, 0.25) is 0 Å². The van der Waals surface area contributed by atoms with E-state index in [2.05, 4.69) is 11.0 Å². The first-order valence-electron chi connectivity index (χ1n) is 4.80. The Kier molecular flexibility index (Phi) is 2.49. The molecule has 0 aromatic heterocycles. The minimum Gasteiger partial charge on any atom is -0.378 e. The molecular formula is C9H15N3O. The van der Waals surface area contributed by atoms with E-state index in [1.165, 1.54) is 12.8 Å². The number of fused-ring (bicyclic) bond motifs is 2. The van der Waals surface area contributed by atoms with Crippen molar-refractivity contribution in [3.63, 3.8) is 0 Å². The fourth-order valence-corrected chi connectivity index (χ4v) is 2.28. The summed E-state index contributed by atoms with van der Waals surface area (Å²) < 4.78 is 5.44. The van der Waals surface area contributed by atoms with Crippen molar-refractivity contribution < 1.29 is 4.74 Å². The van der Waals surface area contributed by atoms with E-state index in [1.54, 1.807) is 0 Å². The van der Waals surface area contributed by atoms with E-state index in [4.69, 9.17) is 15.7 Å². The molecule has 2 N–H and O–H groups in total. The molecular weight excluding hydrogens is 166 g/mol. The van der Waals surface area contributed by atoms with Gasteiger partial charge >= 0.3 is 0 Å². The summed E-state index contributed by atoms with van der Waals surface area (Å²) in [6, 6.07) is 2.75. The van der Waals surface area contributed by atoms with Gasteiger partial charge in [0.15, 0.2) is 0 Å². The molecule has 0 aliphatic carbocycles. The summed E-state index contributed by atoms with van der Waals surface area (Å²) >= 11 is 0. The van der Waals surface area contributed by atoms with Crippen molar-refractivity contribution in [1.82, 2.24) is 4.90 Å². The Balaban J connectivity index is 1.96. The molecule has 0 aromatic carbocycles. The Labute approximate surface area is 78.3 Å². The van der Waals surface area contributed by atoms with Crippen LogP contribution >= 0.6 is 0 Å². The summed E-state index contributed by atoms with van der Waals surface area (Å²) in [6.45, 7) is 2.33. The van der Waals surface area contributed by atoms with Crippen molar-refractivity contribution in [3.8, 4) is 6.07 Å². The highest BCUT2D eigenvalue weighted by Crippen LogP contribution is 2.28. The molecule has 2 bridgehead atoms. The summed E-state index contributed by atoms with van der Waals surface area (Å²) in [5, 5.41) is 8.63. The third kappa shape index (κ3) is 1.68. The van der Waals surface area contributed by atoms with Crippen LogP contribution in [-0.2, 0) is 4.74 Å². The van der Waals surface area contributed by atoms with Crippen LogP contribution in [0, 0.1) is 11.3 Å². The van der Waals surface area contributed by atoms with Crippen molar-refractivity contribution in [3.05, 3.63) is 0 Å². The number of ether oxygens (including phenoxy) is 1. The minimum absolute atomic E-state index is 0.346. The van der Waals surface area contributed by atoms with E-state index in [0.717, 1.165) is 13.2 Å². The van der Waals surface area contributed by atoms with Crippen LogP contribution in [0.1, 0.15) is 12.8 Å². The minimum atomic E-state index is -0.346. The summed E-state index contributed by atoms with van der Waals surface area (Å²) in [7, 11) is 0. The zero-order chi connectivity index (χ0) is 9.26. The highest BCUT2D eigenvalue weighted by Gasteiger charge is 2.37. The van der Waals surface area contributed by atoms with Gasteiger partial charge in [-0.1, -0.05) is 0 Å². The number of nitrogens with two attached hydrogens (primary N) is 1. The predicted octanol–water partition coefficient (Wildman–Crippen LogP) is -0.300. The molecule has 3 unspecified atom stereocenters. The molecule has 0 radical (unpaired) electrons. The highest BCUT2D eigenvalue weighted by molar-refractivity contribution is 4.97. The number of nitriles is 1. The lowest BCUT2D eigenvalue weighted by molar-refractivity contribution is -0.0149. The van der Waals surface area contributed by atoms with Gasteiger partial charge in [0.1, 0.15) is 6.04 Å². The zero-order valence-electron chi connectivity index (χ0n) is 7.65. The normalized spacial score (nSPS) is 35.7. The maximum Gasteiger partial charge on any atom is 0.106 e. The predicted molar refractivity (Wildman–Crippen MR) is 47.9 cm³/mol. The van der Waals surface area contributed by atoms with Crippen molar-refractivity contribution in [2.24, 2.45) is 5.73 Å². The van der Waals surface area contributed by atoms with Gasteiger partial charge in [0.05, 0.1) is 19.3 Å². The van der Waals surface area contributed by atoms with Gasteiger partial charge in [-0.2, -0.15) is 5.26 Å². The van der Waals surface area contributed by atoms with Crippen LogP contribution in [0.15, 0.2) is 0 Å². The molecule has 2 fully saturated rings. The molecule has 0 aromatic rings. The van der Waals surface area contributed by atoms with Crippen molar-refractivity contribution in [2.45, 2.75) is 31.0 Å². The Morgan fingerprint density at radius 2 is 2.08 bits per heavy atom. The molecule has 4 heteroatoms. The van der Waals surface area contributed by atoms with Gasteiger partial charge in [-0.25, -0.2) is 0 Å². The molecule has 2 heterocycles. The van der Waals surface area contributed by atoms with E-state index < -0.39 is 0 Å². The first-order valence-corrected chi connectivity index (χ1v) is 4.80. The van der Waals surface area contributed by atoms with Crippen molar-refractivity contribution in [2.75, 3.05) is 19.8 Å². The van der Waals surface area contributed by atoms with Crippen LogP contribution in [0.5, 0.6) is 0 Å². The lowest BCUT2D eigenvalue weighted by atomic mass is 10.2. The number of hydrogen-bond donors (Lipinski definition) is 1. The number of morpholine rings is 1. The second kappa shape index (κ2) is 3.62. The summed E-state index contributed by atoms with van der Waals surface area (Å²) in [5.74, 6) is 0. The van der Waals surface area contributed by atoms with Crippen LogP contribution in [0.3, 0.4) is 0 Å². The summed E-state index contributed by atoms with van der Waals surface area (Å²) in [4.78, 5) is 2.34. The van der Waals surface area contributed by atoms with Gasteiger partial charge in [-0.3, -0.25) is 4.90 Å². The van der Waals surface area contributed by atoms with E-state index in [9.17, 15) is 0 Å².